The summed E-state index contributed by atoms with van der Waals surface area (Å²) in [6, 6.07) is 44.9. The fourth-order valence-electron chi connectivity index (χ4n) is 5.58. The van der Waals surface area contributed by atoms with E-state index in [1.54, 1.807) is 84.9 Å². The lowest BCUT2D eigenvalue weighted by atomic mass is 10.1. The van der Waals surface area contributed by atoms with Gasteiger partial charge in [-0.05, 0) is 104 Å². The Morgan fingerprint density at radius 2 is 1.02 bits per heavy atom. The molecule has 0 unspecified atom stereocenters. The molecule has 0 atom stereocenters. The van der Waals surface area contributed by atoms with E-state index >= 15 is 0 Å². The summed E-state index contributed by atoms with van der Waals surface area (Å²) in [6.07, 6.45) is 0. The summed E-state index contributed by atoms with van der Waals surface area (Å²) in [5, 5.41) is 20.9. The number of hydrogen-bond acceptors (Lipinski definition) is 10. The molecule has 6 aromatic carbocycles. The number of azo groups is 2. The number of nitrogens with zero attached hydrogens (tertiary/aromatic N) is 5. The third-order valence-corrected chi connectivity index (χ3v) is 8.67. The summed E-state index contributed by atoms with van der Waals surface area (Å²) in [5.74, 6) is -1.24. The summed E-state index contributed by atoms with van der Waals surface area (Å²) < 4.78 is 11.2. The lowest BCUT2D eigenvalue weighted by molar-refractivity contribution is 0.0503. The molecule has 0 spiro atoms. The maximum atomic E-state index is 13.4. The van der Waals surface area contributed by atoms with Gasteiger partial charge in [-0.2, -0.15) is 15.3 Å². The van der Waals surface area contributed by atoms with Gasteiger partial charge in [-0.1, -0.05) is 72.8 Å². The number of benzene rings is 6. The number of rotatable bonds is 15. The fraction of sp³-hybridized carbons (Fsp3) is 0.133. The molecule has 6 rings (SSSR count). The van der Waals surface area contributed by atoms with Gasteiger partial charge in [0.05, 0.1) is 47.0 Å². The first-order valence-corrected chi connectivity index (χ1v) is 18.0. The Labute approximate surface area is 325 Å². The zero-order valence-electron chi connectivity index (χ0n) is 31.0. The second kappa shape index (κ2) is 19.2. The van der Waals surface area contributed by atoms with Crippen molar-refractivity contribution in [2.24, 2.45) is 20.5 Å². The third-order valence-electron chi connectivity index (χ3n) is 8.67. The van der Waals surface area contributed by atoms with Gasteiger partial charge in [0.15, 0.2) is 0 Å². The Hall–Kier alpha value is -7.27. The van der Waals surface area contributed by atoms with Crippen molar-refractivity contribution in [3.05, 3.63) is 179 Å². The molecule has 6 aromatic rings. The Morgan fingerprint density at radius 3 is 1.61 bits per heavy atom. The van der Waals surface area contributed by atoms with Crippen molar-refractivity contribution in [2.75, 3.05) is 36.5 Å². The Bertz CT molecular complexity index is 2280. The van der Waals surface area contributed by atoms with E-state index in [2.05, 4.69) is 25.8 Å². The monoisotopic (exact) mass is 744 g/mol. The molecule has 0 aliphatic rings. The van der Waals surface area contributed by atoms with Crippen LogP contribution in [-0.4, -0.2) is 44.1 Å². The highest BCUT2D eigenvalue weighted by atomic mass is 16.5. The van der Waals surface area contributed by atoms with Gasteiger partial charge < -0.3 is 19.7 Å². The number of hydrogen-bond donors (Lipinski definition) is 1. The molecule has 0 fully saturated rings. The number of nitrogens with one attached hydrogen (secondary N) is 1. The van der Waals surface area contributed by atoms with E-state index in [1.807, 2.05) is 85.5 Å². The van der Waals surface area contributed by atoms with Crippen LogP contribution in [-0.2, 0) is 9.47 Å². The molecule has 11 nitrogen and oxygen atoms in total. The lowest BCUT2D eigenvalue weighted by Crippen LogP contribution is -2.32. The third kappa shape index (κ3) is 10.7. The van der Waals surface area contributed by atoms with Gasteiger partial charge in [0, 0.05) is 11.3 Å². The smallest absolute Gasteiger partial charge is 0.338 e. The zero-order valence-corrected chi connectivity index (χ0v) is 31.0. The van der Waals surface area contributed by atoms with Crippen molar-refractivity contribution in [2.45, 2.75) is 13.8 Å². The molecule has 0 saturated carbocycles. The Morgan fingerprint density at radius 1 is 0.518 bits per heavy atom. The lowest BCUT2D eigenvalue weighted by Gasteiger charge is -2.25. The van der Waals surface area contributed by atoms with Crippen LogP contribution in [0.5, 0.6) is 0 Å². The van der Waals surface area contributed by atoms with Crippen molar-refractivity contribution < 1.29 is 23.9 Å². The van der Waals surface area contributed by atoms with E-state index in [4.69, 9.17) is 9.47 Å². The van der Waals surface area contributed by atoms with Crippen LogP contribution < -0.4 is 10.2 Å². The average Bonchev–Trinajstić information content (AvgIpc) is 3.23. The SMILES string of the molecule is Cc1ccccc1N=Nc1ccc(N=Nc2ccc(N(CCOC(=O)c3ccccc3)CCOC(=O)c3ccccc3)cc2NC(=O)c2ccccc2)c(C)c1. The summed E-state index contributed by atoms with van der Waals surface area (Å²) in [4.78, 5) is 40.8. The normalized spacial score (nSPS) is 11.0. The molecule has 0 aliphatic carbocycles. The van der Waals surface area contributed by atoms with E-state index in [0.717, 1.165) is 16.8 Å². The first-order valence-electron chi connectivity index (χ1n) is 18.0. The molecule has 11 heteroatoms. The van der Waals surface area contributed by atoms with Crippen molar-refractivity contribution in [1.29, 1.82) is 0 Å². The van der Waals surface area contributed by atoms with E-state index in [0.29, 0.717) is 45.1 Å². The maximum Gasteiger partial charge on any atom is 0.338 e. The topological polar surface area (TPSA) is 134 Å². The predicted molar refractivity (Wildman–Crippen MR) is 217 cm³/mol. The molecule has 0 saturated heterocycles. The van der Waals surface area contributed by atoms with Crippen molar-refractivity contribution in [1.82, 2.24) is 0 Å². The van der Waals surface area contributed by atoms with Crippen LogP contribution in [0.3, 0.4) is 0 Å². The first-order chi connectivity index (χ1) is 27.3. The van der Waals surface area contributed by atoms with E-state index in [-0.39, 0.29) is 32.2 Å². The van der Waals surface area contributed by atoms with Crippen molar-refractivity contribution in [3.8, 4) is 0 Å². The predicted octanol–water partition coefficient (Wildman–Crippen LogP) is 10.9. The average molecular weight is 745 g/mol. The summed E-state index contributed by atoms with van der Waals surface area (Å²) in [7, 11) is 0. The standard InChI is InChI=1S/C45H40N6O5/c1-32-14-12-13-21-39(32)48-47-37-22-24-40(33(2)30-37)49-50-41-25-23-38(31-42(41)46-43(52)34-15-6-3-7-16-34)51(26-28-55-44(53)35-17-8-4-9-18-35)27-29-56-45(54)36-19-10-5-11-20-36/h3-25,30-31H,26-29H2,1-2H3,(H,46,52). The molecule has 1 N–H and O–H groups in total. The molecule has 0 bridgehead atoms. The van der Waals surface area contributed by atoms with Crippen LogP contribution in [0, 0.1) is 13.8 Å². The van der Waals surface area contributed by atoms with Gasteiger partial charge in [0.2, 0.25) is 0 Å². The maximum absolute atomic E-state index is 13.4. The van der Waals surface area contributed by atoms with E-state index < -0.39 is 11.9 Å². The van der Waals surface area contributed by atoms with Crippen molar-refractivity contribution >= 4 is 52.0 Å². The number of esters is 2. The van der Waals surface area contributed by atoms with E-state index in [1.165, 1.54) is 0 Å². The van der Waals surface area contributed by atoms with Gasteiger partial charge >= 0.3 is 11.9 Å². The molecular formula is C45H40N6O5. The molecule has 0 aliphatic heterocycles. The number of carbonyl (C=O) groups excluding carboxylic acids is 3. The Balaban J connectivity index is 1.25. The van der Waals surface area contributed by atoms with Crippen LogP contribution in [0.2, 0.25) is 0 Å². The summed E-state index contributed by atoms with van der Waals surface area (Å²) in [6.45, 7) is 4.52. The molecule has 0 heterocycles. The highest BCUT2D eigenvalue weighted by molar-refractivity contribution is 6.06. The fourth-order valence-corrected chi connectivity index (χ4v) is 5.58. The van der Waals surface area contributed by atoms with Crippen LogP contribution in [0.25, 0.3) is 0 Å². The molecular weight excluding hydrogens is 705 g/mol. The number of aryl methyl sites for hydroxylation is 2. The van der Waals surface area contributed by atoms with Gasteiger partial charge in [-0.3, -0.25) is 4.79 Å². The van der Waals surface area contributed by atoms with Gasteiger partial charge in [-0.15, -0.1) is 5.11 Å². The van der Waals surface area contributed by atoms with Gasteiger partial charge in [0.25, 0.3) is 5.91 Å². The van der Waals surface area contributed by atoms with Gasteiger partial charge in [0.1, 0.15) is 18.9 Å². The molecule has 1 amide bonds. The zero-order chi connectivity index (χ0) is 39.1. The van der Waals surface area contributed by atoms with Crippen LogP contribution in [0.4, 0.5) is 34.1 Å². The minimum Gasteiger partial charge on any atom is -0.460 e. The minimum atomic E-state index is -0.453. The van der Waals surface area contributed by atoms with Crippen LogP contribution >= 0.6 is 0 Å². The second-order valence-corrected chi connectivity index (χ2v) is 12.7. The number of carbonyl (C=O) groups is 3. The quantitative estimate of drug-likeness (QED) is 0.0821. The van der Waals surface area contributed by atoms with E-state index in [9.17, 15) is 14.4 Å². The number of amides is 1. The van der Waals surface area contributed by atoms with Crippen molar-refractivity contribution in [3.63, 3.8) is 0 Å². The molecule has 0 radical (unpaired) electrons. The minimum absolute atomic E-state index is 0.0489. The first kappa shape index (κ1) is 38.5. The highest BCUT2D eigenvalue weighted by Gasteiger charge is 2.16. The van der Waals surface area contributed by atoms with Crippen LogP contribution in [0.15, 0.2) is 172 Å². The largest absolute Gasteiger partial charge is 0.460 e. The van der Waals surface area contributed by atoms with Gasteiger partial charge in [-0.25, -0.2) is 9.59 Å². The Kier molecular flexibility index (Phi) is 13.2. The number of ether oxygens (including phenoxy) is 2. The molecule has 56 heavy (non-hydrogen) atoms. The summed E-state index contributed by atoms with van der Waals surface area (Å²) in [5.41, 5.74) is 6.76. The molecule has 0 aromatic heterocycles. The second-order valence-electron chi connectivity index (χ2n) is 12.7. The summed E-state index contributed by atoms with van der Waals surface area (Å²) >= 11 is 0. The van der Waals surface area contributed by atoms with Crippen LogP contribution in [0.1, 0.15) is 42.2 Å². The molecule has 280 valence electrons. The highest BCUT2D eigenvalue weighted by Crippen LogP contribution is 2.34. The number of anilines is 2.